The molecular formula is C14H22N2O3S. The van der Waals surface area contributed by atoms with Crippen LogP contribution in [0.3, 0.4) is 0 Å². The van der Waals surface area contributed by atoms with Gasteiger partial charge in [0.15, 0.2) is 0 Å². The maximum absolute atomic E-state index is 10.9. The zero-order valence-electron chi connectivity index (χ0n) is 12.0. The number of rotatable bonds is 9. The lowest BCUT2D eigenvalue weighted by Gasteiger charge is -2.12. The third kappa shape index (κ3) is 7.28. The molecule has 1 rings (SSSR count). The first kappa shape index (κ1) is 16.7. The highest BCUT2D eigenvalue weighted by Crippen LogP contribution is 2.18. The lowest BCUT2D eigenvalue weighted by Crippen LogP contribution is -2.30. The highest BCUT2D eigenvalue weighted by atomic mass is 32.2. The molecule has 0 atom stereocenters. The SMILES string of the molecule is C=C(C)COc1ccccc1CNCCNS(C)(=O)=O. The molecule has 0 aliphatic rings. The van der Waals surface area contributed by atoms with Gasteiger partial charge < -0.3 is 10.1 Å². The molecule has 112 valence electrons. The molecule has 0 saturated carbocycles. The van der Waals surface area contributed by atoms with Crippen LogP contribution in [0.2, 0.25) is 0 Å². The molecule has 0 aromatic heterocycles. The number of hydrogen-bond donors (Lipinski definition) is 2. The minimum atomic E-state index is -3.12. The molecule has 5 nitrogen and oxygen atoms in total. The van der Waals surface area contributed by atoms with Crippen molar-refractivity contribution in [2.45, 2.75) is 13.5 Å². The van der Waals surface area contributed by atoms with E-state index in [1.165, 1.54) is 0 Å². The monoisotopic (exact) mass is 298 g/mol. The largest absolute Gasteiger partial charge is 0.489 e. The Bertz CT molecular complexity index is 541. The van der Waals surface area contributed by atoms with Gasteiger partial charge in [-0.3, -0.25) is 0 Å². The predicted octanol–water partition coefficient (Wildman–Crippen LogP) is 1.28. The van der Waals surface area contributed by atoms with Crippen LogP contribution in [0.5, 0.6) is 5.75 Å². The van der Waals surface area contributed by atoms with Crippen molar-refractivity contribution in [1.82, 2.24) is 10.0 Å². The molecule has 20 heavy (non-hydrogen) atoms. The molecule has 0 spiro atoms. The average molecular weight is 298 g/mol. The van der Waals surface area contributed by atoms with Crippen LogP contribution in [0.25, 0.3) is 0 Å². The van der Waals surface area contributed by atoms with Crippen molar-refractivity contribution in [3.8, 4) is 5.75 Å². The van der Waals surface area contributed by atoms with E-state index in [1.807, 2.05) is 31.2 Å². The molecule has 0 radical (unpaired) electrons. The number of hydrogen-bond acceptors (Lipinski definition) is 4. The number of ether oxygens (including phenoxy) is 1. The lowest BCUT2D eigenvalue weighted by molar-refractivity contribution is 0.347. The summed E-state index contributed by atoms with van der Waals surface area (Å²) in [6, 6.07) is 7.75. The zero-order valence-corrected chi connectivity index (χ0v) is 12.8. The van der Waals surface area contributed by atoms with Gasteiger partial charge in [0.05, 0.1) is 6.26 Å². The smallest absolute Gasteiger partial charge is 0.208 e. The Kier molecular flexibility index (Phi) is 6.70. The fraction of sp³-hybridized carbons (Fsp3) is 0.429. The Hall–Kier alpha value is -1.37. The molecule has 0 aliphatic carbocycles. The fourth-order valence-electron chi connectivity index (χ4n) is 1.54. The molecule has 0 saturated heterocycles. The predicted molar refractivity (Wildman–Crippen MR) is 81.3 cm³/mol. The number of para-hydroxylation sites is 1. The van der Waals surface area contributed by atoms with E-state index in [-0.39, 0.29) is 0 Å². The lowest BCUT2D eigenvalue weighted by atomic mass is 10.2. The standard InChI is InChI=1S/C14H22N2O3S/c1-12(2)11-19-14-7-5-4-6-13(14)10-15-8-9-16-20(3,17)18/h4-7,15-16H,1,8-11H2,2-3H3. The molecule has 6 heteroatoms. The van der Waals surface area contributed by atoms with Crippen LogP contribution in [-0.4, -0.2) is 34.4 Å². The molecule has 0 unspecified atom stereocenters. The van der Waals surface area contributed by atoms with Crippen LogP contribution in [0.4, 0.5) is 0 Å². The summed E-state index contributed by atoms with van der Waals surface area (Å²) >= 11 is 0. The van der Waals surface area contributed by atoms with Gasteiger partial charge in [-0.15, -0.1) is 0 Å². The Balaban J connectivity index is 2.41. The van der Waals surface area contributed by atoms with E-state index in [0.29, 0.717) is 26.2 Å². The molecule has 0 amide bonds. The molecule has 1 aromatic carbocycles. The number of sulfonamides is 1. The van der Waals surface area contributed by atoms with E-state index in [1.54, 1.807) is 0 Å². The normalized spacial score (nSPS) is 11.3. The van der Waals surface area contributed by atoms with Gasteiger partial charge in [-0.05, 0) is 18.6 Å². The first-order valence-corrected chi connectivity index (χ1v) is 8.28. The Morgan fingerprint density at radius 1 is 1.30 bits per heavy atom. The van der Waals surface area contributed by atoms with E-state index in [2.05, 4.69) is 16.6 Å². The first-order chi connectivity index (χ1) is 9.38. The third-order valence-corrected chi connectivity index (χ3v) is 3.16. The van der Waals surface area contributed by atoms with Gasteiger partial charge >= 0.3 is 0 Å². The van der Waals surface area contributed by atoms with Gasteiger partial charge in [-0.1, -0.05) is 24.8 Å². The van der Waals surface area contributed by atoms with E-state index < -0.39 is 10.0 Å². The summed E-state index contributed by atoms with van der Waals surface area (Å²) in [6.07, 6.45) is 1.15. The Morgan fingerprint density at radius 3 is 2.65 bits per heavy atom. The average Bonchev–Trinajstić information content (AvgIpc) is 2.35. The quantitative estimate of drug-likeness (QED) is 0.532. The van der Waals surface area contributed by atoms with E-state index in [0.717, 1.165) is 23.1 Å². The molecule has 0 fully saturated rings. The summed E-state index contributed by atoms with van der Waals surface area (Å²) in [7, 11) is -3.12. The van der Waals surface area contributed by atoms with Gasteiger partial charge in [-0.2, -0.15) is 0 Å². The van der Waals surface area contributed by atoms with Crippen molar-refractivity contribution in [3.63, 3.8) is 0 Å². The minimum absolute atomic E-state index is 0.369. The molecular weight excluding hydrogens is 276 g/mol. The summed E-state index contributed by atoms with van der Waals surface area (Å²) < 4.78 is 29.9. The number of benzene rings is 1. The van der Waals surface area contributed by atoms with Crippen molar-refractivity contribution >= 4 is 10.0 Å². The van der Waals surface area contributed by atoms with Gasteiger partial charge in [0.2, 0.25) is 10.0 Å². The maximum atomic E-state index is 10.9. The topological polar surface area (TPSA) is 67.4 Å². The van der Waals surface area contributed by atoms with Crippen molar-refractivity contribution in [2.75, 3.05) is 26.0 Å². The first-order valence-electron chi connectivity index (χ1n) is 6.39. The minimum Gasteiger partial charge on any atom is -0.489 e. The number of nitrogens with one attached hydrogen (secondary N) is 2. The van der Waals surface area contributed by atoms with E-state index >= 15 is 0 Å². The summed E-state index contributed by atoms with van der Waals surface area (Å²) in [5.74, 6) is 0.819. The van der Waals surface area contributed by atoms with Gasteiger partial charge in [0.25, 0.3) is 0 Å². The van der Waals surface area contributed by atoms with Crippen LogP contribution in [0.1, 0.15) is 12.5 Å². The van der Waals surface area contributed by atoms with Crippen molar-refractivity contribution in [3.05, 3.63) is 42.0 Å². The van der Waals surface area contributed by atoms with Gasteiger partial charge in [0, 0.05) is 25.2 Å². The highest BCUT2D eigenvalue weighted by Gasteiger charge is 2.03. The van der Waals surface area contributed by atoms with Crippen LogP contribution in [0.15, 0.2) is 36.4 Å². The second kappa shape index (κ2) is 8.04. The summed E-state index contributed by atoms with van der Waals surface area (Å²) in [5.41, 5.74) is 2.00. The van der Waals surface area contributed by atoms with Crippen LogP contribution >= 0.6 is 0 Å². The van der Waals surface area contributed by atoms with E-state index in [9.17, 15) is 8.42 Å². The summed E-state index contributed by atoms with van der Waals surface area (Å²) in [6.45, 7) is 7.76. The molecule has 0 aliphatic heterocycles. The Labute approximate surface area is 121 Å². The van der Waals surface area contributed by atoms with Gasteiger partial charge in [-0.25, -0.2) is 13.1 Å². The molecule has 0 heterocycles. The summed E-state index contributed by atoms with van der Waals surface area (Å²) in [5, 5.41) is 3.17. The van der Waals surface area contributed by atoms with Crippen LogP contribution in [-0.2, 0) is 16.6 Å². The van der Waals surface area contributed by atoms with Crippen LogP contribution < -0.4 is 14.8 Å². The van der Waals surface area contributed by atoms with Crippen molar-refractivity contribution in [2.24, 2.45) is 0 Å². The van der Waals surface area contributed by atoms with Crippen molar-refractivity contribution in [1.29, 1.82) is 0 Å². The third-order valence-electron chi connectivity index (χ3n) is 2.43. The van der Waals surface area contributed by atoms with Gasteiger partial charge in [0.1, 0.15) is 12.4 Å². The molecule has 0 bridgehead atoms. The molecule has 1 aromatic rings. The zero-order chi connectivity index (χ0) is 15.0. The molecule has 2 N–H and O–H groups in total. The van der Waals surface area contributed by atoms with E-state index in [4.69, 9.17) is 4.74 Å². The van der Waals surface area contributed by atoms with Crippen LogP contribution in [0, 0.1) is 0 Å². The highest BCUT2D eigenvalue weighted by molar-refractivity contribution is 7.88. The maximum Gasteiger partial charge on any atom is 0.208 e. The fourth-order valence-corrected chi connectivity index (χ4v) is 2.01. The Morgan fingerprint density at radius 2 is 2.00 bits per heavy atom. The second-order valence-corrected chi connectivity index (χ2v) is 6.53. The second-order valence-electron chi connectivity index (χ2n) is 4.70. The summed E-state index contributed by atoms with van der Waals surface area (Å²) in [4.78, 5) is 0. The van der Waals surface area contributed by atoms with Crippen molar-refractivity contribution < 1.29 is 13.2 Å².